The van der Waals surface area contributed by atoms with Gasteiger partial charge in [-0.2, -0.15) is 0 Å². The summed E-state index contributed by atoms with van der Waals surface area (Å²) in [5, 5.41) is 0. The van der Waals surface area contributed by atoms with Crippen LogP contribution in [0.3, 0.4) is 0 Å². The van der Waals surface area contributed by atoms with Crippen molar-refractivity contribution in [2.24, 2.45) is 0 Å². The van der Waals surface area contributed by atoms with Crippen molar-refractivity contribution in [2.45, 2.75) is 19.9 Å². The van der Waals surface area contributed by atoms with Gasteiger partial charge in [0.1, 0.15) is 5.82 Å². The molecule has 0 amide bonds. The first-order valence-corrected chi connectivity index (χ1v) is 7.50. The van der Waals surface area contributed by atoms with Crippen LogP contribution >= 0.6 is 31.9 Å². The van der Waals surface area contributed by atoms with Crippen LogP contribution in [0.25, 0.3) is 0 Å². The summed E-state index contributed by atoms with van der Waals surface area (Å²) in [5.41, 5.74) is 0. The van der Waals surface area contributed by atoms with E-state index in [1.165, 1.54) is 0 Å². The van der Waals surface area contributed by atoms with Crippen LogP contribution in [0.5, 0.6) is 0 Å². The monoisotopic (exact) mass is 361 g/mol. The SMILES string of the molecule is CCN1CCN(c2ncc(Br)cc2Br)CC1C. The van der Waals surface area contributed by atoms with Crippen LogP contribution in [-0.2, 0) is 0 Å². The van der Waals surface area contributed by atoms with E-state index in [9.17, 15) is 0 Å². The first-order valence-electron chi connectivity index (χ1n) is 5.92. The number of hydrogen-bond acceptors (Lipinski definition) is 3. The number of likely N-dealkylation sites (N-methyl/N-ethyl adjacent to an activating group) is 1. The predicted molar refractivity (Wildman–Crippen MR) is 78.6 cm³/mol. The topological polar surface area (TPSA) is 19.4 Å². The molecule has 0 spiro atoms. The fourth-order valence-electron chi connectivity index (χ4n) is 2.30. The third-order valence-corrected chi connectivity index (χ3v) is 4.28. The van der Waals surface area contributed by atoms with Crippen molar-refractivity contribution >= 4 is 37.7 Å². The molecule has 1 saturated heterocycles. The maximum atomic E-state index is 4.50. The first-order chi connectivity index (χ1) is 8.11. The Morgan fingerprint density at radius 2 is 2.18 bits per heavy atom. The average Bonchev–Trinajstić information content (AvgIpc) is 2.29. The second-order valence-corrected chi connectivity index (χ2v) is 6.15. The Hall–Kier alpha value is -0.130. The summed E-state index contributed by atoms with van der Waals surface area (Å²) in [7, 11) is 0. The standard InChI is InChI=1S/C12H17Br2N3/c1-3-16-4-5-17(8-9(16)2)12-11(14)6-10(13)7-15-12/h6-7,9H,3-5,8H2,1-2H3. The van der Waals surface area contributed by atoms with E-state index in [1.807, 2.05) is 6.20 Å². The zero-order chi connectivity index (χ0) is 12.4. The molecule has 0 radical (unpaired) electrons. The van der Waals surface area contributed by atoms with Crippen LogP contribution in [0.2, 0.25) is 0 Å². The Morgan fingerprint density at radius 3 is 2.76 bits per heavy atom. The Balaban J connectivity index is 2.14. The highest BCUT2D eigenvalue weighted by molar-refractivity contribution is 9.11. The minimum Gasteiger partial charge on any atom is -0.353 e. The van der Waals surface area contributed by atoms with E-state index in [4.69, 9.17) is 0 Å². The molecule has 5 heteroatoms. The van der Waals surface area contributed by atoms with E-state index in [2.05, 4.69) is 66.6 Å². The van der Waals surface area contributed by atoms with E-state index >= 15 is 0 Å². The number of piperazine rings is 1. The third-order valence-electron chi connectivity index (χ3n) is 3.26. The third kappa shape index (κ3) is 3.01. The first kappa shape index (κ1) is 13.3. The van der Waals surface area contributed by atoms with Gasteiger partial charge in [0.15, 0.2) is 0 Å². The molecule has 0 N–H and O–H groups in total. The molecule has 94 valence electrons. The van der Waals surface area contributed by atoms with Gasteiger partial charge in [-0.15, -0.1) is 0 Å². The van der Waals surface area contributed by atoms with Crippen molar-refractivity contribution in [3.05, 3.63) is 21.2 Å². The minimum atomic E-state index is 0.589. The van der Waals surface area contributed by atoms with Gasteiger partial charge >= 0.3 is 0 Å². The fraction of sp³-hybridized carbons (Fsp3) is 0.583. The van der Waals surface area contributed by atoms with Crippen LogP contribution < -0.4 is 4.90 Å². The summed E-state index contributed by atoms with van der Waals surface area (Å²) in [6.07, 6.45) is 1.86. The molecule has 1 aliphatic rings. The lowest BCUT2D eigenvalue weighted by Gasteiger charge is -2.40. The number of nitrogens with zero attached hydrogens (tertiary/aromatic N) is 3. The largest absolute Gasteiger partial charge is 0.353 e. The van der Waals surface area contributed by atoms with Gasteiger partial charge in [-0.05, 0) is 51.4 Å². The van der Waals surface area contributed by atoms with Crippen LogP contribution in [0.15, 0.2) is 21.2 Å². The molecule has 1 unspecified atom stereocenters. The smallest absolute Gasteiger partial charge is 0.143 e. The van der Waals surface area contributed by atoms with Crippen molar-refractivity contribution in [2.75, 3.05) is 31.1 Å². The number of rotatable bonds is 2. The quantitative estimate of drug-likeness (QED) is 0.805. The van der Waals surface area contributed by atoms with Gasteiger partial charge in [-0.25, -0.2) is 4.98 Å². The zero-order valence-electron chi connectivity index (χ0n) is 10.2. The Kier molecular flexibility index (Phi) is 4.44. The van der Waals surface area contributed by atoms with Crippen LogP contribution in [0.4, 0.5) is 5.82 Å². The molecule has 0 saturated carbocycles. The Morgan fingerprint density at radius 1 is 1.41 bits per heavy atom. The summed E-state index contributed by atoms with van der Waals surface area (Å²) in [5.74, 6) is 1.05. The second kappa shape index (κ2) is 5.67. The maximum Gasteiger partial charge on any atom is 0.143 e. The zero-order valence-corrected chi connectivity index (χ0v) is 13.3. The Labute approximate surface area is 119 Å². The molecule has 2 rings (SSSR count). The number of halogens is 2. The number of anilines is 1. The van der Waals surface area contributed by atoms with Crippen molar-refractivity contribution in [1.82, 2.24) is 9.88 Å². The van der Waals surface area contributed by atoms with E-state index in [-0.39, 0.29) is 0 Å². The highest BCUT2D eigenvalue weighted by atomic mass is 79.9. The minimum absolute atomic E-state index is 0.589. The molecule has 1 aromatic rings. The average molecular weight is 363 g/mol. The van der Waals surface area contributed by atoms with Crippen molar-refractivity contribution in [3.63, 3.8) is 0 Å². The molecule has 3 nitrogen and oxygen atoms in total. The highest BCUT2D eigenvalue weighted by Gasteiger charge is 2.24. The molecule has 17 heavy (non-hydrogen) atoms. The molecule has 1 aromatic heterocycles. The predicted octanol–water partition coefficient (Wildman–Crippen LogP) is 3.14. The molecular formula is C12H17Br2N3. The van der Waals surface area contributed by atoms with E-state index < -0.39 is 0 Å². The van der Waals surface area contributed by atoms with Crippen LogP contribution in [-0.4, -0.2) is 42.1 Å². The van der Waals surface area contributed by atoms with Gasteiger partial charge in [0.25, 0.3) is 0 Å². The van der Waals surface area contributed by atoms with E-state index in [0.717, 1.165) is 40.9 Å². The van der Waals surface area contributed by atoms with Gasteiger partial charge in [0.05, 0.1) is 4.47 Å². The van der Waals surface area contributed by atoms with Gasteiger partial charge in [-0.3, -0.25) is 4.90 Å². The molecule has 0 aromatic carbocycles. The number of pyridine rings is 1. The summed E-state index contributed by atoms with van der Waals surface area (Å²) < 4.78 is 2.07. The lowest BCUT2D eigenvalue weighted by molar-refractivity contribution is 0.199. The van der Waals surface area contributed by atoms with E-state index in [1.54, 1.807) is 0 Å². The summed E-state index contributed by atoms with van der Waals surface area (Å²) in [6.45, 7) is 8.83. The van der Waals surface area contributed by atoms with Gasteiger partial charge in [0, 0.05) is 36.3 Å². The van der Waals surface area contributed by atoms with Crippen molar-refractivity contribution in [1.29, 1.82) is 0 Å². The molecule has 2 heterocycles. The van der Waals surface area contributed by atoms with Crippen LogP contribution in [0.1, 0.15) is 13.8 Å². The molecule has 0 bridgehead atoms. The maximum absolute atomic E-state index is 4.50. The van der Waals surface area contributed by atoms with Crippen molar-refractivity contribution < 1.29 is 0 Å². The molecule has 1 atom stereocenters. The molecule has 1 aliphatic heterocycles. The molecule has 0 aliphatic carbocycles. The lowest BCUT2D eigenvalue weighted by atomic mass is 10.2. The lowest BCUT2D eigenvalue weighted by Crippen LogP contribution is -2.52. The normalized spacial score (nSPS) is 21.9. The molecule has 1 fully saturated rings. The summed E-state index contributed by atoms with van der Waals surface area (Å²) in [6, 6.07) is 2.64. The van der Waals surface area contributed by atoms with E-state index in [0.29, 0.717) is 6.04 Å². The fourth-order valence-corrected chi connectivity index (χ4v) is 3.54. The molecular weight excluding hydrogens is 346 g/mol. The van der Waals surface area contributed by atoms with Gasteiger partial charge in [0.2, 0.25) is 0 Å². The number of hydrogen-bond donors (Lipinski definition) is 0. The Bertz CT molecular complexity index is 397. The number of aromatic nitrogens is 1. The van der Waals surface area contributed by atoms with Crippen LogP contribution in [0, 0.1) is 0 Å². The highest BCUT2D eigenvalue weighted by Crippen LogP contribution is 2.28. The summed E-state index contributed by atoms with van der Waals surface area (Å²) in [4.78, 5) is 9.36. The van der Waals surface area contributed by atoms with Gasteiger partial charge in [-0.1, -0.05) is 6.92 Å². The van der Waals surface area contributed by atoms with Gasteiger partial charge < -0.3 is 4.90 Å². The van der Waals surface area contributed by atoms with Crippen molar-refractivity contribution in [3.8, 4) is 0 Å². The second-order valence-electron chi connectivity index (χ2n) is 4.38. The summed E-state index contributed by atoms with van der Waals surface area (Å²) >= 11 is 7.02.